The van der Waals surface area contributed by atoms with Crippen LogP contribution in [0.25, 0.3) is 0 Å². The van der Waals surface area contributed by atoms with Crippen LogP contribution in [0.5, 0.6) is 0 Å². The van der Waals surface area contributed by atoms with E-state index in [0.717, 1.165) is 23.8 Å². The first-order chi connectivity index (χ1) is 8.18. The van der Waals surface area contributed by atoms with Gasteiger partial charge in [-0.25, -0.2) is 0 Å². The first kappa shape index (κ1) is 13.4. The largest absolute Gasteiger partial charge is 0.317 e. The number of likely N-dealkylation sites (tertiary alicyclic amines) is 1. The molecule has 2 heterocycles. The Morgan fingerprint density at radius 1 is 0.882 bits per heavy atom. The summed E-state index contributed by atoms with van der Waals surface area (Å²) in [4.78, 5) is 2.76. The van der Waals surface area contributed by atoms with Crippen LogP contribution in [0.4, 0.5) is 0 Å². The van der Waals surface area contributed by atoms with E-state index >= 15 is 0 Å². The van der Waals surface area contributed by atoms with E-state index in [2.05, 4.69) is 31.0 Å². The number of piperidine rings is 2. The van der Waals surface area contributed by atoms with Gasteiger partial charge in [0.15, 0.2) is 0 Å². The van der Waals surface area contributed by atoms with E-state index in [4.69, 9.17) is 0 Å². The van der Waals surface area contributed by atoms with E-state index in [1.807, 2.05) is 0 Å². The van der Waals surface area contributed by atoms with E-state index in [9.17, 15) is 0 Å². The lowest BCUT2D eigenvalue weighted by atomic mass is 9.84. The topological polar surface area (TPSA) is 15.3 Å². The minimum absolute atomic E-state index is 0.810. The maximum atomic E-state index is 3.48. The number of hydrogen-bond donors (Lipinski definition) is 1. The standard InChI is InChI=1S/C15H30N2/c1-12(2)14-6-10-17(11-7-14)13(3)15-4-8-16-9-5-15/h12-16H,4-11H2,1-3H3. The van der Waals surface area contributed by atoms with Crippen molar-refractivity contribution >= 4 is 0 Å². The SMILES string of the molecule is CC(C)C1CCN(C(C)C2CCNCC2)CC1. The van der Waals surface area contributed by atoms with Crippen LogP contribution >= 0.6 is 0 Å². The lowest BCUT2D eigenvalue weighted by Gasteiger charge is -2.41. The molecule has 0 aliphatic carbocycles. The highest BCUT2D eigenvalue weighted by Gasteiger charge is 2.29. The maximum Gasteiger partial charge on any atom is 0.00961 e. The summed E-state index contributed by atoms with van der Waals surface area (Å²) in [5.74, 6) is 2.80. The Balaban J connectivity index is 1.79. The molecule has 100 valence electrons. The van der Waals surface area contributed by atoms with Gasteiger partial charge in [0.2, 0.25) is 0 Å². The molecule has 0 saturated carbocycles. The predicted molar refractivity (Wildman–Crippen MR) is 74.2 cm³/mol. The highest BCUT2D eigenvalue weighted by molar-refractivity contribution is 4.83. The Labute approximate surface area is 107 Å². The fourth-order valence-electron chi connectivity index (χ4n) is 3.62. The molecule has 1 unspecified atom stereocenters. The second-order valence-electron chi connectivity index (χ2n) is 6.45. The summed E-state index contributed by atoms with van der Waals surface area (Å²) in [6.45, 7) is 12.4. The molecule has 2 saturated heterocycles. The molecule has 1 N–H and O–H groups in total. The van der Waals surface area contributed by atoms with Gasteiger partial charge >= 0.3 is 0 Å². The molecule has 2 fully saturated rings. The lowest BCUT2D eigenvalue weighted by Crippen LogP contribution is -2.46. The third kappa shape index (κ3) is 3.45. The molecule has 1 atom stereocenters. The van der Waals surface area contributed by atoms with Crippen LogP contribution in [0.1, 0.15) is 46.5 Å². The molecule has 0 aromatic rings. The van der Waals surface area contributed by atoms with Crippen molar-refractivity contribution in [2.45, 2.75) is 52.5 Å². The quantitative estimate of drug-likeness (QED) is 0.813. The molecule has 0 amide bonds. The summed E-state index contributed by atoms with van der Waals surface area (Å²) in [6.07, 6.45) is 5.61. The average Bonchev–Trinajstić information content (AvgIpc) is 2.39. The smallest absolute Gasteiger partial charge is 0.00961 e. The molecule has 2 rings (SSSR count). The third-order valence-electron chi connectivity index (χ3n) is 5.16. The highest BCUT2D eigenvalue weighted by Crippen LogP contribution is 2.28. The van der Waals surface area contributed by atoms with Crippen LogP contribution in [-0.2, 0) is 0 Å². The van der Waals surface area contributed by atoms with Gasteiger partial charge in [-0.1, -0.05) is 13.8 Å². The summed E-state index contributed by atoms with van der Waals surface area (Å²) in [5.41, 5.74) is 0. The van der Waals surface area contributed by atoms with Gasteiger partial charge in [0.25, 0.3) is 0 Å². The van der Waals surface area contributed by atoms with Crippen LogP contribution in [0, 0.1) is 17.8 Å². The van der Waals surface area contributed by atoms with E-state index in [1.54, 1.807) is 0 Å². The monoisotopic (exact) mass is 238 g/mol. The molecule has 0 radical (unpaired) electrons. The van der Waals surface area contributed by atoms with Crippen molar-refractivity contribution in [1.29, 1.82) is 0 Å². The molecular formula is C15H30N2. The Morgan fingerprint density at radius 2 is 1.47 bits per heavy atom. The maximum absolute atomic E-state index is 3.48. The van der Waals surface area contributed by atoms with E-state index in [0.29, 0.717) is 0 Å². The van der Waals surface area contributed by atoms with Crippen LogP contribution < -0.4 is 5.32 Å². The van der Waals surface area contributed by atoms with Crippen LogP contribution in [0.15, 0.2) is 0 Å². The minimum atomic E-state index is 0.810. The molecule has 17 heavy (non-hydrogen) atoms. The molecular weight excluding hydrogens is 208 g/mol. The molecule has 0 aromatic carbocycles. The zero-order chi connectivity index (χ0) is 12.3. The van der Waals surface area contributed by atoms with E-state index in [1.165, 1.54) is 51.9 Å². The molecule has 0 bridgehead atoms. The Bertz CT molecular complexity index is 213. The minimum Gasteiger partial charge on any atom is -0.317 e. The van der Waals surface area contributed by atoms with Gasteiger partial charge in [-0.15, -0.1) is 0 Å². The fourth-order valence-corrected chi connectivity index (χ4v) is 3.62. The fraction of sp³-hybridized carbons (Fsp3) is 1.00. The summed E-state index contributed by atoms with van der Waals surface area (Å²) in [6, 6.07) is 0.810. The van der Waals surface area contributed by atoms with Crippen molar-refractivity contribution in [3.63, 3.8) is 0 Å². The normalized spacial score (nSPS) is 27.5. The van der Waals surface area contributed by atoms with Crippen molar-refractivity contribution in [2.75, 3.05) is 26.2 Å². The number of rotatable bonds is 3. The van der Waals surface area contributed by atoms with E-state index < -0.39 is 0 Å². The molecule has 2 heteroatoms. The van der Waals surface area contributed by atoms with Crippen molar-refractivity contribution in [3.05, 3.63) is 0 Å². The lowest BCUT2D eigenvalue weighted by molar-refractivity contribution is 0.0811. The summed E-state index contributed by atoms with van der Waals surface area (Å²) in [5, 5.41) is 3.48. The summed E-state index contributed by atoms with van der Waals surface area (Å²) < 4.78 is 0. The zero-order valence-corrected chi connectivity index (χ0v) is 11.9. The first-order valence-corrected chi connectivity index (χ1v) is 7.63. The van der Waals surface area contributed by atoms with Gasteiger partial charge in [0, 0.05) is 6.04 Å². The Hall–Kier alpha value is -0.0800. The van der Waals surface area contributed by atoms with Crippen LogP contribution in [-0.4, -0.2) is 37.1 Å². The number of nitrogens with zero attached hydrogens (tertiary/aromatic N) is 1. The first-order valence-electron chi connectivity index (χ1n) is 7.63. The van der Waals surface area contributed by atoms with Crippen molar-refractivity contribution in [2.24, 2.45) is 17.8 Å². The number of hydrogen-bond acceptors (Lipinski definition) is 2. The molecule has 0 aromatic heterocycles. The van der Waals surface area contributed by atoms with E-state index in [-0.39, 0.29) is 0 Å². The van der Waals surface area contributed by atoms with Crippen molar-refractivity contribution in [1.82, 2.24) is 10.2 Å². The molecule has 0 spiro atoms. The molecule has 2 nitrogen and oxygen atoms in total. The molecule has 2 aliphatic heterocycles. The van der Waals surface area contributed by atoms with Gasteiger partial charge in [-0.3, -0.25) is 0 Å². The van der Waals surface area contributed by atoms with Crippen molar-refractivity contribution in [3.8, 4) is 0 Å². The Morgan fingerprint density at radius 3 is 2.00 bits per heavy atom. The summed E-state index contributed by atoms with van der Waals surface area (Å²) >= 11 is 0. The second kappa shape index (κ2) is 6.19. The van der Waals surface area contributed by atoms with Gasteiger partial charge in [0.05, 0.1) is 0 Å². The third-order valence-corrected chi connectivity index (χ3v) is 5.16. The van der Waals surface area contributed by atoms with Crippen LogP contribution in [0.2, 0.25) is 0 Å². The van der Waals surface area contributed by atoms with Gasteiger partial charge < -0.3 is 10.2 Å². The second-order valence-corrected chi connectivity index (χ2v) is 6.45. The highest BCUT2D eigenvalue weighted by atomic mass is 15.2. The van der Waals surface area contributed by atoms with Crippen molar-refractivity contribution < 1.29 is 0 Å². The van der Waals surface area contributed by atoms with Gasteiger partial charge in [-0.2, -0.15) is 0 Å². The number of nitrogens with one attached hydrogen (secondary N) is 1. The van der Waals surface area contributed by atoms with Crippen LogP contribution in [0.3, 0.4) is 0 Å². The summed E-state index contributed by atoms with van der Waals surface area (Å²) in [7, 11) is 0. The predicted octanol–water partition coefficient (Wildman–Crippen LogP) is 2.74. The van der Waals surface area contributed by atoms with Gasteiger partial charge in [-0.05, 0) is 76.5 Å². The van der Waals surface area contributed by atoms with Gasteiger partial charge in [0.1, 0.15) is 0 Å². The Kier molecular flexibility index (Phi) is 4.87. The molecule has 2 aliphatic rings. The zero-order valence-electron chi connectivity index (χ0n) is 11.9. The average molecular weight is 238 g/mol.